The molecule has 0 heterocycles. The van der Waals surface area contributed by atoms with Gasteiger partial charge in [0.15, 0.2) is 0 Å². The molecule has 0 aliphatic rings. The smallest absolute Gasteiger partial charge is 0.00911 e. The first-order valence-corrected chi connectivity index (χ1v) is 4.91. The van der Waals surface area contributed by atoms with Gasteiger partial charge in [-0.1, -0.05) is 34.1 Å². The van der Waals surface area contributed by atoms with Crippen LogP contribution < -0.4 is 0 Å². The summed E-state index contributed by atoms with van der Waals surface area (Å²) in [6, 6.07) is 0. The molecule has 0 unspecified atom stereocenters. The second-order valence-corrected chi connectivity index (χ2v) is 4.80. The maximum absolute atomic E-state index is 5.24. The number of hydrogen-bond acceptors (Lipinski definition) is 0. The number of rotatable bonds is 5. The third-order valence-corrected chi connectivity index (χ3v) is 2.34. The van der Waals surface area contributed by atoms with Gasteiger partial charge < -0.3 is 0 Å². The van der Waals surface area contributed by atoms with Gasteiger partial charge >= 0.3 is 0 Å². The molecule has 0 aliphatic carbocycles. The minimum absolute atomic E-state index is 0.441. The van der Waals surface area contributed by atoms with Gasteiger partial charge in [0.25, 0.3) is 0 Å². The molecule has 0 aromatic rings. The van der Waals surface area contributed by atoms with Crippen LogP contribution in [-0.2, 0) is 0 Å². The predicted octanol–water partition coefficient (Wildman–Crippen LogP) is 3.86. The van der Waals surface area contributed by atoms with E-state index in [9.17, 15) is 0 Å². The highest BCUT2D eigenvalue weighted by atomic mass is 14.2. The molecule has 0 radical (unpaired) electrons. The minimum atomic E-state index is 0.441. The van der Waals surface area contributed by atoms with Crippen molar-refractivity contribution in [2.45, 2.75) is 53.4 Å². The van der Waals surface area contributed by atoms with E-state index >= 15 is 0 Å². The van der Waals surface area contributed by atoms with Crippen LogP contribution in [0.3, 0.4) is 0 Å². The summed E-state index contributed by atoms with van der Waals surface area (Å²) in [5.74, 6) is 3.53. The lowest BCUT2D eigenvalue weighted by Gasteiger charge is -2.24. The molecule has 0 atom stereocenters. The van der Waals surface area contributed by atoms with Crippen LogP contribution in [0.5, 0.6) is 0 Å². The molecule has 0 nitrogen and oxygen atoms in total. The van der Waals surface area contributed by atoms with Crippen molar-refractivity contribution in [1.29, 1.82) is 0 Å². The Morgan fingerprint density at radius 3 is 2.25 bits per heavy atom. The van der Waals surface area contributed by atoms with Gasteiger partial charge in [-0.2, -0.15) is 0 Å². The summed E-state index contributed by atoms with van der Waals surface area (Å²) in [7, 11) is 0. The molecule has 0 aromatic carbocycles. The van der Waals surface area contributed by atoms with Crippen LogP contribution in [0, 0.1) is 23.7 Å². The van der Waals surface area contributed by atoms with E-state index in [1.54, 1.807) is 0 Å². The third-order valence-electron chi connectivity index (χ3n) is 2.34. The monoisotopic (exact) mass is 166 g/mol. The first-order valence-electron chi connectivity index (χ1n) is 4.91. The average Bonchev–Trinajstić information content (AvgIpc) is 1.98. The van der Waals surface area contributed by atoms with Crippen molar-refractivity contribution >= 4 is 0 Å². The summed E-state index contributed by atoms with van der Waals surface area (Å²) in [6.07, 6.45) is 9.94. The lowest BCUT2D eigenvalue weighted by molar-refractivity contribution is 0.285. The molecule has 0 bridgehead atoms. The molecule has 0 amide bonds. The van der Waals surface area contributed by atoms with Crippen LogP contribution in [0.4, 0.5) is 0 Å². The van der Waals surface area contributed by atoms with Crippen LogP contribution in [-0.4, -0.2) is 0 Å². The SMILES string of the molecule is C#CCCC(C)(C)CCC(C)C. The molecule has 0 saturated heterocycles. The van der Waals surface area contributed by atoms with Crippen LogP contribution >= 0.6 is 0 Å². The van der Waals surface area contributed by atoms with Gasteiger partial charge in [0.1, 0.15) is 0 Å². The van der Waals surface area contributed by atoms with Crippen LogP contribution in [0.2, 0.25) is 0 Å². The standard InChI is InChI=1S/C12H22/c1-6-7-9-12(4,5)10-8-11(2)3/h1,11H,7-10H2,2-5H3. The van der Waals surface area contributed by atoms with Crippen molar-refractivity contribution in [1.82, 2.24) is 0 Å². The molecule has 12 heavy (non-hydrogen) atoms. The van der Waals surface area contributed by atoms with E-state index in [0.29, 0.717) is 5.41 Å². The van der Waals surface area contributed by atoms with E-state index in [1.807, 2.05) is 0 Å². The van der Waals surface area contributed by atoms with E-state index in [1.165, 1.54) is 12.8 Å². The molecule has 0 aromatic heterocycles. The van der Waals surface area contributed by atoms with Crippen molar-refractivity contribution in [2.75, 3.05) is 0 Å². The van der Waals surface area contributed by atoms with Gasteiger partial charge in [-0.15, -0.1) is 12.3 Å². The average molecular weight is 166 g/mol. The zero-order valence-electron chi connectivity index (χ0n) is 8.98. The highest BCUT2D eigenvalue weighted by Crippen LogP contribution is 2.29. The van der Waals surface area contributed by atoms with E-state index in [-0.39, 0.29) is 0 Å². The molecular weight excluding hydrogens is 144 g/mol. The molecule has 0 N–H and O–H groups in total. The normalized spacial score (nSPS) is 11.7. The zero-order valence-corrected chi connectivity index (χ0v) is 8.98. The van der Waals surface area contributed by atoms with E-state index in [0.717, 1.165) is 18.8 Å². The molecule has 0 fully saturated rings. The fourth-order valence-corrected chi connectivity index (χ4v) is 1.21. The summed E-state index contributed by atoms with van der Waals surface area (Å²) < 4.78 is 0. The summed E-state index contributed by atoms with van der Waals surface area (Å²) >= 11 is 0. The molecule has 0 rings (SSSR count). The Labute approximate surface area is 77.8 Å². The molecule has 70 valence electrons. The fraction of sp³-hybridized carbons (Fsp3) is 0.833. The minimum Gasteiger partial charge on any atom is -0.120 e. The zero-order chi connectivity index (χ0) is 9.61. The highest BCUT2D eigenvalue weighted by molar-refractivity contribution is 4.86. The Morgan fingerprint density at radius 1 is 1.25 bits per heavy atom. The lowest BCUT2D eigenvalue weighted by Crippen LogP contribution is -2.11. The second-order valence-electron chi connectivity index (χ2n) is 4.80. The van der Waals surface area contributed by atoms with Crippen molar-refractivity contribution in [3.8, 4) is 12.3 Å². The Balaban J connectivity index is 3.65. The van der Waals surface area contributed by atoms with Crippen molar-refractivity contribution < 1.29 is 0 Å². The second kappa shape index (κ2) is 5.25. The Hall–Kier alpha value is -0.440. The van der Waals surface area contributed by atoms with E-state index in [4.69, 9.17) is 6.42 Å². The Morgan fingerprint density at radius 2 is 1.83 bits per heavy atom. The summed E-state index contributed by atoms with van der Waals surface area (Å²) in [6.45, 7) is 9.17. The quantitative estimate of drug-likeness (QED) is 0.544. The first-order chi connectivity index (χ1) is 5.48. The number of hydrogen-bond donors (Lipinski definition) is 0. The van der Waals surface area contributed by atoms with Gasteiger partial charge in [0.05, 0.1) is 0 Å². The molecule has 0 spiro atoms. The third kappa shape index (κ3) is 6.28. The van der Waals surface area contributed by atoms with Gasteiger partial charge in [-0.25, -0.2) is 0 Å². The van der Waals surface area contributed by atoms with Gasteiger partial charge in [-0.3, -0.25) is 0 Å². The fourth-order valence-electron chi connectivity index (χ4n) is 1.21. The van der Waals surface area contributed by atoms with Crippen molar-refractivity contribution in [3.63, 3.8) is 0 Å². The topological polar surface area (TPSA) is 0 Å². The molecular formula is C12H22. The van der Waals surface area contributed by atoms with Gasteiger partial charge in [0, 0.05) is 6.42 Å². The van der Waals surface area contributed by atoms with Crippen LogP contribution in [0.15, 0.2) is 0 Å². The predicted molar refractivity (Wildman–Crippen MR) is 55.9 cm³/mol. The summed E-state index contributed by atoms with van der Waals surface area (Å²) in [5, 5.41) is 0. The molecule has 0 aliphatic heterocycles. The Bertz CT molecular complexity index is 146. The maximum atomic E-state index is 5.24. The van der Waals surface area contributed by atoms with Crippen LogP contribution in [0.1, 0.15) is 53.4 Å². The van der Waals surface area contributed by atoms with E-state index in [2.05, 4.69) is 33.6 Å². The summed E-state index contributed by atoms with van der Waals surface area (Å²) in [4.78, 5) is 0. The Kier molecular flexibility index (Phi) is 5.06. The maximum Gasteiger partial charge on any atom is 0.00911 e. The largest absolute Gasteiger partial charge is 0.120 e. The highest BCUT2D eigenvalue weighted by Gasteiger charge is 2.16. The van der Waals surface area contributed by atoms with E-state index < -0.39 is 0 Å². The lowest BCUT2D eigenvalue weighted by atomic mass is 9.81. The van der Waals surface area contributed by atoms with Gasteiger partial charge in [-0.05, 0) is 24.2 Å². The van der Waals surface area contributed by atoms with Crippen molar-refractivity contribution in [2.24, 2.45) is 11.3 Å². The van der Waals surface area contributed by atoms with Crippen LogP contribution in [0.25, 0.3) is 0 Å². The number of terminal acetylenes is 1. The van der Waals surface area contributed by atoms with Gasteiger partial charge in [0.2, 0.25) is 0 Å². The first kappa shape index (κ1) is 11.6. The molecule has 0 saturated carbocycles. The molecule has 0 heteroatoms. The van der Waals surface area contributed by atoms with Crippen molar-refractivity contribution in [3.05, 3.63) is 0 Å². The summed E-state index contributed by atoms with van der Waals surface area (Å²) in [5.41, 5.74) is 0.441.